The van der Waals surface area contributed by atoms with Gasteiger partial charge in [0.1, 0.15) is 5.75 Å². The number of ether oxygens (including phenoxy) is 1. The molecule has 0 amide bonds. The first-order valence-corrected chi connectivity index (χ1v) is 8.77. The molecule has 4 heteroatoms. The maximum absolute atomic E-state index is 5.77. The monoisotopic (exact) mass is 313 g/mol. The molecule has 1 atom stereocenters. The maximum atomic E-state index is 5.77. The number of aryl methyl sites for hydroxylation is 1. The molecule has 0 saturated carbocycles. The van der Waals surface area contributed by atoms with Gasteiger partial charge in [-0.25, -0.2) is 0 Å². The molecule has 1 saturated heterocycles. The van der Waals surface area contributed by atoms with E-state index in [2.05, 4.69) is 40.2 Å². The molecule has 2 aromatic rings. The summed E-state index contributed by atoms with van der Waals surface area (Å²) in [5.41, 5.74) is 4.00. The minimum atomic E-state index is 0.570. The minimum Gasteiger partial charge on any atom is -0.494 e. The molecule has 1 aliphatic heterocycles. The summed E-state index contributed by atoms with van der Waals surface area (Å²) in [6.45, 7) is 8.17. The summed E-state index contributed by atoms with van der Waals surface area (Å²) in [7, 11) is 0. The first kappa shape index (κ1) is 16.1. The molecular weight excluding hydrogens is 286 g/mol. The number of H-pyrrole nitrogens is 1. The summed E-state index contributed by atoms with van der Waals surface area (Å²) < 4.78 is 5.77. The predicted molar refractivity (Wildman–Crippen MR) is 92.8 cm³/mol. The van der Waals surface area contributed by atoms with Gasteiger partial charge in [-0.3, -0.25) is 10.00 Å². The SMILES string of the molecule is CCOc1ccccc1CN1CCCC(c2[nH]ncc2CC)C1. The van der Waals surface area contributed by atoms with Crippen LogP contribution in [0, 0.1) is 0 Å². The fourth-order valence-corrected chi connectivity index (χ4v) is 3.56. The van der Waals surface area contributed by atoms with Crippen molar-refractivity contribution in [3.8, 4) is 5.75 Å². The second-order valence-electron chi connectivity index (χ2n) is 6.28. The highest BCUT2D eigenvalue weighted by Crippen LogP contribution is 2.30. The molecule has 1 fully saturated rings. The quantitative estimate of drug-likeness (QED) is 0.883. The van der Waals surface area contributed by atoms with E-state index in [4.69, 9.17) is 4.74 Å². The Balaban J connectivity index is 1.70. The highest BCUT2D eigenvalue weighted by atomic mass is 16.5. The molecule has 3 rings (SSSR count). The predicted octanol–water partition coefficient (Wildman–Crippen LogP) is 3.75. The summed E-state index contributed by atoms with van der Waals surface area (Å²) in [6.07, 6.45) is 5.52. The van der Waals surface area contributed by atoms with Gasteiger partial charge >= 0.3 is 0 Å². The fraction of sp³-hybridized carbons (Fsp3) is 0.526. The van der Waals surface area contributed by atoms with Crippen LogP contribution in [0.25, 0.3) is 0 Å². The third-order valence-corrected chi connectivity index (χ3v) is 4.71. The first-order chi connectivity index (χ1) is 11.3. The van der Waals surface area contributed by atoms with Gasteiger partial charge in [0, 0.05) is 30.3 Å². The molecule has 23 heavy (non-hydrogen) atoms. The van der Waals surface area contributed by atoms with Crippen LogP contribution >= 0.6 is 0 Å². The zero-order valence-electron chi connectivity index (χ0n) is 14.2. The smallest absolute Gasteiger partial charge is 0.123 e. The number of nitrogens with one attached hydrogen (secondary N) is 1. The summed E-state index contributed by atoms with van der Waals surface area (Å²) in [5, 5.41) is 7.49. The van der Waals surface area contributed by atoms with Crippen molar-refractivity contribution in [1.29, 1.82) is 0 Å². The van der Waals surface area contributed by atoms with Gasteiger partial charge in [-0.2, -0.15) is 5.10 Å². The molecule has 0 bridgehead atoms. The molecule has 1 aliphatic rings. The van der Waals surface area contributed by atoms with Crippen molar-refractivity contribution < 1.29 is 4.74 Å². The van der Waals surface area contributed by atoms with Crippen LogP contribution < -0.4 is 4.74 Å². The number of piperidine rings is 1. The first-order valence-electron chi connectivity index (χ1n) is 8.77. The number of hydrogen-bond donors (Lipinski definition) is 1. The molecule has 1 unspecified atom stereocenters. The Kier molecular flexibility index (Phi) is 5.34. The molecule has 1 aromatic heterocycles. The van der Waals surface area contributed by atoms with Gasteiger partial charge in [0.05, 0.1) is 12.8 Å². The number of aromatic nitrogens is 2. The van der Waals surface area contributed by atoms with Crippen molar-refractivity contribution in [1.82, 2.24) is 15.1 Å². The van der Waals surface area contributed by atoms with Crippen LogP contribution in [0.15, 0.2) is 30.5 Å². The Morgan fingerprint density at radius 1 is 1.26 bits per heavy atom. The number of rotatable bonds is 6. The third-order valence-electron chi connectivity index (χ3n) is 4.71. The van der Waals surface area contributed by atoms with E-state index in [1.807, 2.05) is 19.2 Å². The lowest BCUT2D eigenvalue weighted by molar-refractivity contribution is 0.195. The molecule has 0 aliphatic carbocycles. The Morgan fingerprint density at radius 3 is 2.96 bits per heavy atom. The normalized spacial score (nSPS) is 19.0. The van der Waals surface area contributed by atoms with E-state index in [1.165, 1.54) is 29.7 Å². The number of hydrogen-bond acceptors (Lipinski definition) is 3. The molecule has 2 heterocycles. The summed E-state index contributed by atoms with van der Waals surface area (Å²) in [5.74, 6) is 1.59. The summed E-state index contributed by atoms with van der Waals surface area (Å²) in [4.78, 5) is 2.55. The van der Waals surface area contributed by atoms with Gasteiger partial charge in [0.25, 0.3) is 0 Å². The maximum Gasteiger partial charge on any atom is 0.123 e. The topological polar surface area (TPSA) is 41.1 Å². The molecule has 0 radical (unpaired) electrons. The van der Waals surface area contributed by atoms with Gasteiger partial charge < -0.3 is 4.74 Å². The van der Waals surface area contributed by atoms with Crippen LogP contribution in [0.4, 0.5) is 0 Å². The van der Waals surface area contributed by atoms with Crippen LogP contribution in [0.2, 0.25) is 0 Å². The van der Waals surface area contributed by atoms with Gasteiger partial charge in [-0.15, -0.1) is 0 Å². The molecule has 0 spiro atoms. The van der Waals surface area contributed by atoms with Crippen LogP contribution in [0.1, 0.15) is 49.4 Å². The van der Waals surface area contributed by atoms with Crippen molar-refractivity contribution >= 4 is 0 Å². The standard InChI is InChI=1S/C19H27N3O/c1-3-15-12-20-21-19(15)17-9-7-11-22(14-17)13-16-8-5-6-10-18(16)23-4-2/h5-6,8,10,12,17H,3-4,7,9,11,13-14H2,1-2H3,(H,20,21). The zero-order chi connectivity index (χ0) is 16.1. The van der Waals surface area contributed by atoms with E-state index in [0.717, 1.165) is 31.8 Å². The lowest BCUT2D eigenvalue weighted by Gasteiger charge is -2.33. The average Bonchev–Trinajstić information content (AvgIpc) is 3.06. The average molecular weight is 313 g/mol. The van der Waals surface area contributed by atoms with Crippen LogP contribution in [-0.2, 0) is 13.0 Å². The molecule has 1 N–H and O–H groups in total. The Labute approximate surface area is 138 Å². The summed E-state index contributed by atoms with van der Waals surface area (Å²) in [6, 6.07) is 8.40. The number of likely N-dealkylation sites (tertiary alicyclic amines) is 1. The zero-order valence-corrected chi connectivity index (χ0v) is 14.2. The minimum absolute atomic E-state index is 0.570. The van der Waals surface area contributed by atoms with Gasteiger partial charge in [0.2, 0.25) is 0 Å². The Morgan fingerprint density at radius 2 is 2.13 bits per heavy atom. The van der Waals surface area contributed by atoms with Crippen molar-refractivity contribution in [3.05, 3.63) is 47.3 Å². The number of benzene rings is 1. The van der Waals surface area contributed by atoms with Crippen LogP contribution in [0.5, 0.6) is 5.75 Å². The number of para-hydroxylation sites is 1. The Bertz CT molecular complexity index is 623. The number of nitrogens with zero attached hydrogens (tertiary/aromatic N) is 2. The highest BCUT2D eigenvalue weighted by molar-refractivity contribution is 5.33. The second-order valence-corrected chi connectivity index (χ2v) is 6.28. The van der Waals surface area contributed by atoms with Gasteiger partial charge in [-0.1, -0.05) is 25.1 Å². The Hall–Kier alpha value is -1.81. The third kappa shape index (κ3) is 3.75. The van der Waals surface area contributed by atoms with E-state index in [-0.39, 0.29) is 0 Å². The largest absolute Gasteiger partial charge is 0.494 e. The lowest BCUT2D eigenvalue weighted by Crippen LogP contribution is -2.34. The van der Waals surface area contributed by atoms with E-state index >= 15 is 0 Å². The van der Waals surface area contributed by atoms with E-state index < -0.39 is 0 Å². The molecule has 124 valence electrons. The molecule has 1 aromatic carbocycles. The second kappa shape index (κ2) is 7.64. The van der Waals surface area contributed by atoms with Crippen LogP contribution in [0.3, 0.4) is 0 Å². The fourth-order valence-electron chi connectivity index (χ4n) is 3.56. The lowest BCUT2D eigenvalue weighted by atomic mass is 9.91. The van der Waals surface area contributed by atoms with Crippen molar-refractivity contribution in [2.75, 3.05) is 19.7 Å². The van der Waals surface area contributed by atoms with Crippen molar-refractivity contribution in [3.63, 3.8) is 0 Å². The van der Waals surface area contributed by atoms with E-state index in [0.29, 0.717) is 12.5 Å². The van der Waals surface area contributed by atoms with Gasteiger partial charge in [-0.05, 0) is 44.4 Å². The van der Waals surface area contributed by atoms with E-state index in [9.17, 15) is 0 Å². The van der Waals surface area contributed by atoms with Crippen LogP contribution in [-0.4, -0.2) is 34.8 Å². The van der Waals surface area contributed by atoms with Crippen molar-refractivity contribution in [2.45, 2.75) is 45.6 Å². The highest BCUT2D eigenvalue weighted by Gasteiger charge is 2.24. The summed E-state index contributed by atoms with van der Waals surface area (Å²) >= 11 is 0. The molecule has 4 nitrogen and oxygen atoms in total. The number of aromatic amines is 1. The van der Waals surface area contributed by atoms with Crippen molar-refractivity contribution in [2.24, 2.45) is 0 Å². The van der Waals surface area contributed by atoms with E-state index in [1.54, 1.807) is 0 Å². The molecular formula is C19H27N3O. The van der Waals surface area contributed by atoms with Gasteiger partial charge in [0.15, 0.2) is 0 Å².